The van der Waals surface area contributed by atoms with E-state index in [0.717, 1.165) is 31.9 Å². The molecule has 0 aromatic rings. The molecule has 0 aromatic carbocycles. The molecule has 0 atom stereocenters. The highest BCUT2D eigenvalue weighted by Crippen LogP contribution is 2.38. The number of ether oxygens (including phenoxy) is 2. The minimum atomic E-state index is -3.84. The smallest absolute Gasteiger partial charge is 0.265 e. The Bertz CT molecular complexity index is 490. The highest BCUT2D eigenvalue weighted by Gasteiger charge is 2.40. The van der Waals surface area contributed by atoms with Crippen molar-refractivity contribution in [3.63, 3.8) is 0 Å². The average Bonchev–Trinajstić information content (AvgIpc) is 2.66. The summed E-state index contributed by atoms with van der Waals surface area (Å²) in [5, 5.41) is 0. The lowest BCUT2D eigenvalue weighted by atomic mass is 9.86. The van der Waals surface area contributed by atoms with Crippen molar-refractivity contribution in [2.75, 3.05) is 25.2 Å². The second-order valence-corrected chi connectivity index (χ2v) is 9.52. The van der Waals surface area contributed by atoms with Crippen LogP contribution >= 0.6 is 10.7 Å². The number of halogens is 1. The Morgan fingerprint density at radius 1 is 1.15 bits per heavy atom. The van der Waals surface area contributed by atoms with Gasteiger partial charge in [0.2, 0.25) is 9.05 Å². The van der Waals surface area contributed by atoms with Crippen molar-refractivity contribution in [1.82, 2.24) is 0 Å². The van der Waals surface area contributed by atoms with Crippen LogP contribution in [-0.4, -0.2) is 52.4 Å². The molecule has 1 heterocycles. The predicted octanol–water partition coefficient (Wildman–Crippen LogP) is 0.992. The van der Waals surface area contributed by atoms with Crippen molar-refractivity contribution in [3.8, 4) is 0 Å². The molecule has 0 bridgehead atoms. The maximum atomic E-state index is 10.7. The van der Waals surface area contributed by atoms with E-state index >= 15 is 0 Å². The summed E-state index contributed by atoms with van der Waals surface area (Å²) in [6.45, 7) is 1.26. The van der Waals surface area contributed by atoms with Crippen LogP contribution in [-0.2, 0) is 28.6 Å². The van der Waals surface area contributed by atoms with Gasteiger partial charge in [-0.25, -0.2) is 8.42 Å². The van der Waals surface area contributed by atoms with Crippen LogP contribution in [0.2, 0.25) is 0 Å². The number of hydrogen-bond donors (Lipinski definition) is 1. The van der Waals surface area contributed by atoms with E-state index in [0.29, 0.717) is 13.2 Å². The standard InChI is InChI=1S/C9H16O5S.CH3ClO2S/c10-15(11,12)7-8-1-3-9(4-2-8)13-5-6-14-9;1-5(2,3)4/h8H,1-7H2,(H,10,11,12);1H3. The van der Waals surface area contributed by atoms with Crippen molar-refractivity contribution in [2.24, 2.45) is 5.92 Å². The van der Waals surface area contributed by atoms with Gasteiger partial charge in [-0.05, 0) is 18.8 Å². The Morgan fingerprint density at radius 3 is 1.90 bits per heavy atom. The van der Waals surface area contributed by atoms with Crippen LogP contribution in [0.15, 0.2) is 0 Å². The van der Waals surface area contributed by atoms with Crippen LogP contribution in [0.1, 0.15) is 25.7 Å². The molecule has 1 spiro atoms. The molecule has 2 rings (SSSR count). The van der Waals surface area contributed by atoms with E-state index < -0.39 is 25.0 Å². The summed E-state index contributed by atoms with van der Waals surface area (Å²) in [4.78, 5) is 0. The van der Waals surface area contributed by atoms with Gasteiger partial charge in [0.15, 0.2) is 5.79 Å². The highest BCUT2D eigenvalue weighted by atomic mass is 35.7. The van der Waals surface area contributed by atoms with Crippen LogP contribution in [0.25, 0.3) is 0 Å². The van der Waals surface area contributed by atoms with E-state index in [1.165, 1.54) is 0 Å². The van der Waals surface area contributed by atoms with E-state index in [1.807, 2.05) is 0 Å². The lowest BCUT2D eigenvalue weighted by molar-refractivity contribution is -0.181. The summed E-state index contributed by atoms with van der Waals surface area (Å²) < 4.78 is 60.0. The van der Waals surface area contributed by atoms with Gasteiger partial charge in [-0.2, -0.15) is 8.42 Å². The molecule has 0 amide bonds. The number of rotatable bonds is 2. The van der Waals surface area contributed by atoms with Crippen molar-refractivity contribution < 1.29 is 30.9 Å². The molecule has 1 aliphatic carbocycles. The van der Waals surface area contributed by atoms with Crippen LogP contribution in [0.4, 0.5) is 0 Å². The van der Waals surface area contributed by atoms with E-state index in [1.54, 1.807) is 0 Å². The van der Waals surface area contributed by atoms with Crippen molar-refractivity contribution in [1.29, 1.82) is 0 Å². The molecule has 10 heteroatoms. The summed E-state index contributed by atoms with van der Waals surface area (Å²) >= 11 is 0. The molecule has 1 N–H and O–H groups in total. The zero-order valence-corrected chi connectivity index (χ0v) is 13.5. The molecule has 20 heavy (non-hydrogen) atoms. The summed E-state index contributed by atoms with van der Waals surface area (Å²) in [7, 11) is -2.53. The van der Waals surface area contributed by atoms with Crippen LogP contribution < -0.4 is 0 Å². The lowest BCUT2D eigenvalue weighted by Crippen LogP contribution is -2.36. The second-order valence-electron chi connectivity index (χ2n) is 4.98. The van der Waals surface area contributed by atoms with E-state index in [4.69, 9.17) is 14.0 Å². The molecular weight excluding hydrogens is 332 g/mol. The van der Waals surface area contributed by atoms with Crippen molar-refractivity contribution in [2.45, 2.75) is 31.5 Å². The molecule has 2 fully saturated rings. The minimum absolute atomic E-state index is 0.0402. The molecule has 0 aromatic heterocycles. The SMILES string of the molecule is CS(=O)(=O)Cl.O=S(=O)(O)CC1CCC2(CC1)OCCO2. The Kier molecular flexibility index (Phi) is 6.24. The second kappa shape index (κ2) is 6.89. The number of hydrogen-bond acceptors (Lipinski definition) is 6. The van der Waals surface area contributed by atoms with Gasteiger partial charge >= 0.3 is 0 Å². The average molecular weight is 351 g/mol. The molecule has 1 saturated carbocycles. The Hall–Kier alpha value is 0.0700. The summed E-state index contributed by atoms with van der Waals surface area (Å²) in [6.07, 6.45) is 3.86. The van der Waals surface area contributed by atoms with Gasteiger partial charge in [0, 0.05) is 23.5 Å². The zero-order valence-electron chi connectivity index (χ0n) is 11.1. The van der Waals surface area contributed by atoms with Crippen molar-refractivity contribution >= 4 is 29.9 Å². The Balaban J connectivity index is 0.000000347. The molecule has 120 valence electrons. The molecule has 2 aliphatic rings. The third kappa shape index (κ3) is 7.75. The highest BCUT2D eigenvalue weighted by molar-refractivity contribution is 8.13. The first-order valence-corrected chi connectivity index (χ1v) is 10.4. The third-order valence-corrected chi connectivity index (χ3v) is 4.02. The van der Waals surface area contributed by atoms with E-state index in [9.17, 15) is 16.8 Å². The summed E-state index contributed by atoms with van der Waals surface area (Å²) in [5.74, 6) is -0.544. The predicted molar refractivity (Wildman–Crippen MR) is 73.7 cm³/mol. The minimum Gasteiger partial charge on any atom is -0.348 e. The van der Waals surface area contributed by atoms with Gasteiger partial charge < -0.3 is 9.47 Å². The van der Waals surface area contributed by atoms with Gasteiger partial charge in [-0.3, -0.25) is 4.55 Å². The van der Waals surface area contributed by atoms with Gasteiger partial charge in [-0.1, -0.05) is 0 Å². The molecule has 7 nitrogen and oxygen atoms in total. The first-order chi connectivity index (χ1) is 8.99. The third-order valence-electron chi connectivity index (χ3n) is 3.13. The van der Waals surface area contributed by atoms with Gasteiger partial charge in [0.1, 0.15) is 0 Å². The lowest BCUT2D eigenvalue weighted by Gasteiger charge is -2.34. The quantitative estimate of drug-likeness (QED) is 0.584. The van der Waals surface area contributed by atoms with Gasteiger partial charge in [0.25, 0.3) is 10.1 Å². The van der Waals surface area contributed by atoms with Gasteiger partial charge in [0.05, 0.1) is 25.2 Å². The maximum absolute atomic E-state index is 10.7. The fraction of sp³-hybridized carbons (Fsp3) is 1.00. The first-order valence-electron chi connectivity index (χ1n) is 6.12. The molecule has 0 unspecified atom stereocenters. The first kappa shape index (κ1) is 18.1. The molecular formula is C10H19ClO7S2. The summed E-state index contributed by atoms with van der Waals surface area (Å²) in [6, 6.07) is 0. The van der Waals surface area contributed by atoms with E-state index in [-0.39, 0.29) is 11.7 Å². The van der Waals surface area contributed by atoms with Gasteiger partial charge in [-0.15, -0.1) is 0 Å². The Morgan fingerprint density at radius 2 is 1.55 bits per heavy atom. The molecule has 1 aliphatic heterocycles. The fourth-order valence-corrected chi connectivity index (χ4v) is 3.30. The normalized spacial score (nSPS) is 23.4. The van der Waals surface area contributed by atoms with Crippen molar-refractivity contribution in [3.05, 3.63) is 0 Å². The molecule has 0 radical (unpaired) electrons. The van der Waals surface area contributed by atoms with E-state index in [2.05, 4.69) is 10.7 Å². The van der Waals surface area contributed by atoms with Crippen LogP contribution in [0.3, 0.4) is 0 Å². The molecule has 1 saturated heterocycles. The largest absolute Gasteiger partial charge is 0.348 e. The topological polar surface area (TPSA) is 107 Å². The fourth-order valence-electron chi connectivity index (χ4n) is 2.37. The zero-order chi connectivity index (χ0) is 15.4. The summed E-state index contributed by atoms with van der Waals surface area (Å²) in [5.41, 5.74) is 0. The monoisotopic (exact) mass is 350 g/mol. The maximum Gasteiger partial charge on any atom is 0.265 e. The Labute approximate surface area is 123 Å². The van der Waals surface area contributed by atoms with Crippen LogP contribution in [0.5, 0.6) is 0 Å². The van der Waals surface area contributed by atoms with Crippen LogP contribution in [0, 0.1) is 5.92 Å².